The van der Waals surface area contributed by atoms with Crippen LogP contribution in [0.25, 0.3) is 10.7 Å². The lowest BCUT2D eigenvalue weighted by Crippen LogP contribution is -2.18. The van der Waals surface area contributed by atoms with Gasteiger partial charge >= 0.3 is 0 Å². The number of aromatic nitrogens is 2. The molecule has 0 amide bonds. The van der Waals surface area contributed by atoms with Crippen LogP contribution in [0.1, 0.15) is 37.0 Å². The molecule has 0 saturated heterocycles. The van der Waals surface area contributed by atoms with Crippen molar-refractivity contribution in [2.45, 2.75) is 40.7 Å². The van der Waals surface area contributed by atoms with Crippen molar-refractivity contribution >= 4 is 11.3 Å². The quantitative estimate of drug-likeness (QED) is 0.878. The lowest BCUT2D eigenvalue weighted by molar-refractivity contribution is 0.553. The number of hydrogen-bond donors (Lipinski definition) is 1. The molecule has 3 nitrogen and oxygen atoms in total. The maximum atomic E-state index is 4.75. The summed E-state index contributed by atoms with van der Waals surface area (Å²) in [6.07, 6.45) is 0.973. The zero-order valence-electron chi connectivity index (χ0n) is 12.7. The number of rotatable bonds is 6. The molecule has 2 aromatic heterocycles. The number of nitrogens with zero attached hydrogens (tertiary/aromatic N) is 2. The summed E-state index contributed by atoms with van der Waals surface area (Å²) in [5.74, 6) is 0.672. The molecule has 0 unspecified atom stereocenters. The van der Waals surface area contributed by atoms with Gasteiger partial charge in [-0.3, -0.25) is 4.98 Å². The van der Waals surface area contributed by atoms with Crippen molar-refractivity contribution in [3.63, 3.8) is 0 Å². The van der Waals surface area contributed by atoms with E-state index >= 15 is 0 Å². The summed E-state index contributed by atoms with van der Waals surface area (Å²) in [6.45, 7) is 10.6. The van der Waals surface area contributed by atoms with Crippen LogP contribution in [0.2, 0.25) is 0 Å². The Labute approximate surface area is 125 Å². The van der Waals surface area contributed by atoms with Crippen LogP contribution in [-0.4, -0.2) is 16.5 Å². The molecule has 1 N–H and O–H groups in total. The number of thiazole rings is 1. The minimum absolute atomic E-state index is 0.672. The van der Waals surface area contributed by atoms with E-state index in [1.165, 1.54) is 10.6 Å². The Morgan fingerprint density at radius 2 is 2.05 bits per heavy atom. The summed E-state index contributed by atoms with van der Waals surface area (Å²) in [5, 5.41) is 4.54. The van der Waals surface area contributed by atoms with E-state index in [1.54, 1.807) is 11.3 Å². The van der Waals surface area contributed by atoms with Gasteiger partial charge in [-0.2, -0.15) is 0 Å². The van der Waals surface area contributed by atoms with Crippen LogP contribution in [0.4, 0.5) is 0 Å². The highest BCUT2D eigenvalue weighted by Crippen LogP contribution is 2.27. The van der Waals surface area contributed by atoms with Gasteiger partial charge in [0.15, 0.2) is 0 Å². The monoisotopic (exact) mass is 289 g/mol. The fourth-order valence-electron chi connectivity index (χ4n) is 2.04. The molecular weight excluding hydrogens is 266 g/mol. The topological polar surface area (TPSA) is 37.8 Å². The Hall–Kier alpha value is -1.26. The second-order valence-electron chi connectivity index (χ2n) is 5.43. The van der Waals surface area contributed by atoms with E-state index < -0.39 is 0 Å². The van der Waals surface area contributed by atoms with Crippen LogP contribution in [0.3, 0.4) is 0 Å². The Balaban J connectivity index is 2.18. The van der Waals surface area contributed by atoms with Gasteiger partial charge in [-0.05, 0) is 37.9 Å². The summed E-state index contributed by atoms with van der Waals surface area (Å²) in [6, 6.07) is 6.10. The van der Waals surface area contributed by atoms with E-state index in [4.69, 9.17) is 4.98 Å². The predicted octanol–water partition coefficient (Wildman–Crippen LogP) is 3.82. The minimum Gasteiger partial charge on any atom is -0.312 e. The highest BCUT2D eigenvalue weighted by molar-refractivity contribution is 7.15. The Morgan fingerprint density at radius 3 is 2.70 bits per heavy atom. The normalized spacial score (nSPS) is 11.2. The number of pyridine rings is 1. The van der Waals surface area contributed by atoms with Crippen molar-refractivity contribution in [3.05, 3.63) is 34.5 Å². The summed E-state index contributed by atoms with van der Waals surface area (Å²) in [5.41, 5.74) is 3.22. The lowest BCUT2D eigenvalue weighted by Gasteiger charge is -2.06. The van der Waals surface area contributed by atoms with Crippen molar-refractivity contribution in [2.24, 2.45) is 5.92 Å². The first-order valence-electron chi connectivity index (χ1n) is 7.23. The molecular formula is C16H23N3S. The maximum absolute atomic E-state index is 4.75. The SMILES string of the molecule is CCc1nc(-c2cccc(C)n2)sc1CNCC(C)C. The van der Waals surface area contributed by atoms with Gasteiger partial charge in [0.2, 0.25) is 0 Å². The molecule has 4 heteroatoms. The van der Waals surface area contributed by atoms with Gasteiger partial charge in [0.1, 0.15) is 5.01 Å². The van der Waals surface area contributed by atoms with Crippen molar-refractivity contribution in [2.75, 3.05) is 6.54 Å². The predicted molar refractivity (Wildman–Crippen MR) is 86.0 cm³/mol. The summed E-state index contributed by atoms with van der Waals surface area (Å²) in [7, 11) is 0. The first kappa shape index (κ1) is 15.1. The Morgan fingerprint density at radius 1 is 1.25 bits per heavy atom. The van der Waals surface area contributed by atoms with Crippen LogP contribution >= 0.6 is 11.3 Å². The number of hydrogen-bond acceptors (Lipinski definition) is 4. The molecule has 0 fully saturated rings. The van der Waals surface area contributed by atoms with Gasteiger partial charge in [0, 0.05) is 17.1 Å². The molecule has 0 aromatic carbocycles. The Kier molecular flexibility index (Phi) is 5.26. The maximum Gasteiger partial charge on any atom is 0.142 e. The van der Waals surface area contributed by atoms with Gasteiger partial charge < -0.3 is 5.32 Å². The molecule has 0 radical (unpaired) electrons. The van der Waals surface area contributed by atoms with E-state index in [1.807, 2.05) is 25.1 Å². The molecule has 2 rings (SSSR count). The third kappa shape index (κ3) is 3.87. The minimum atomic E-state index is 0.672. The van der Waals surface area contributed by atoms with Crippen molar-refractivity contribution in [1.82, 2.24) is 15.3 Å². The van der Waals surface area contributed by atoms with Crippen LogP contribution < -0.4 is 5.32 Å². The van der Waals surface area contributed by atoms with Gasteiger partial charge in [-0.25, -0.2) is 4.98 Å². The van der Waals surface area contributed by atoms with Crippen molar-refractivity contribution in [3.8, 4) is 10.7 Å². The molecule has 0 saturated carbocycles. The number of aryl methyl sites for hydroxylation is 2. The zero-order valence-corrected chi connectivity index (χ0v) is 13.5. The van der Waals surface area contributed by atoms with E-state index in [-0.39, 0.29) is 0 Å². The summed E-state index contributed by atoms with van der Waals surface area (Å²) in [4.78, 5) is 10.7. The average molecular weight is 289 g/mol. The largest absolute Gasteiger partial charge is 0.312 e. The third-order valence-electron chi connectivity index (χ3n) is 3.06. The molecule has 0 aliphatic rings. The van der Waals surface area contributed by atoms with Gasteiger partial charge in [0.05, 0.1) is 11.4 Å². The Bertz CT molecular complexity index is 561. The second kappa shape index (κ2) is 6.95. The first-order valence-corrected chi connectivity index (χ1v) is 8.05. The fourth-order valence-corrected chi connectivity index (χ4v) is 3.13. The van der Waals surface area contributed by atoms with Crippen LogP contribution in [0, 0.1) is 12.8 Å². The van der Waals surface area contributed by atoms with Crippen LogP contribution in [0.15, 0.2) is 18.2 Å². The zero-order chi connectivity index (χ0) is 14.5. The van der Waals surface area contributed by atoms with E-state index in [0.717, 1.165) is 35.9 Å². The molecule has 0 aliphatic carbocycles. The van der Waals surface area contributed by atoms with Gasteiger partial charge in [-0.1, -0.05) is 26.8 Å². The van der Waals surface area contributed by atoms with Gasteiger partial charge in [0.25, 0.3) is 0 Å². The van der Waals surface area contributed by atoms with Gasteiger partial charge in [-0.15, -0.1) is 11.3 Å². The van der Waals surface area contributed by atoms with Crippen molar-refractivity contribution in [1.29, 1.82) is 0 Å². The average Bonchev–Trinajstić information content (AvgIpc) is 2.81. The molecule has 20 heavy (non-hydrogen) atoms. The standard InChI is InChI=1S/C16H23N3S/c1-5-13-15(10-17-9-11(2)3)20-16(19-13)14-8-6-7-12(4)18-14/h6-8,11,17H,5,9-10H2,1-4H3. The van der Waals surface area contributed by atoms with Crippen molar-refractivity contribution < 1.29 is 0 Å². The molecule has 0 atom stereocenters. The molecule has 0 bridgehead atoms. The lowest BCUT2D eigenvalue weighted by atomic mass is 10.2. The first-order chi connectivity index (χ1) is 9.60. The summed E-state index contributed by atoms with van der Waals surface area (Å²) < 4.78 is 0. The van der Waals surface area contributed by atoms with Crippen LogP contribution in [0.5, 0.6) is 0 Å². The third-order valence-corrected chi connectivity index (χ3v) is 4.18. The van der Waals surface area contributed by atoms with E-state index in [2.05, 4.69) is 31.1 Å². The van der Waals surface area contributed by atoms with Crippen LogP contribution in [-0.2, 0) is 13.0 Å². The molecule has 0 aliphatic heterocycles. The molecule has 0 spiro atoms. The molecule has 108 valence electrons. The summed E-state index contributed by atoms with van der Waals surface area (Å²) >= 11 is 1.76. The highest BCUT2D eigenvalue weighted by Gasteiger charge is 2.12. The number of nitrogens with one attached hydrogen (secondary N) is 1. The fraction of sp³-hybridized carbons (Fsp3) is 0.500. The smallest absolute Gasteiger partial charge is 0.142 e. The van der Waals surface area contributed by atoms with E-state index in [9.17, 15) is 0 Å². The van der Waals surface area contributed by atoms with E-state index in [0.29, 0.717) is 5.92 Å². The second-order valence-corrected chi connectivity index (χ2v) is 6.52. The molecule has 2 heterocycles. The highest BCUT2D eigenvalue weighted by atomic mass is 32.1. The molecule has 2 aromatic rings.